The van der Waals surface area contributed by atoms with E-state index in [0.29, 0.717) is 5.92 Å². The summed E-state index contributed by atoms with van der Waals surface area (Å²) in [6.45, 7) is 2.00. The zero-order valence-corrected chi connectivity index (χ0v) is 12.5. The van der Waals surface area contributed by atoms with Crippen molar-refractivity contribution in [2.45, 2.75) is 44.9 Å². The lowest BCUT2D eigenvalue weighted by atomic mass is 9.86. The van der Waals surface area contributed by atoms with E-state index in [1.807, 2.05) is 36.0 Å². The first-order chi connectivity index (χ1) is 9.65. The zero-order chi connectivity index (χ0) is 14.1. The molecule has 1 fully saturated rings. The summed E-state index contributed by atoms with van der Waals surface area (Å²) in [4.78, 5) is 0. The van der Waals surface area contributed by atoms with Gasteiger partial charge < -0.3 is 5.73 Å². The quantitative estimate of drug-likeness (QED) is 0.887. The van der Waals surface area contributed by atoms with Crippen LogP contribution in [0.1, 0.15) is 49.3 Å². The minimum absolute atomic E-state index is 0.519. The summed E-state index contributed by atoms with van der Waals surface area (Å²) in [5, 5.41) is 5.47. The molecular weight excluding hydrogens is 270 g/mol. The third-order valence-electron chi connectivity index (χ3n) is 4.18. The molecule has 1 saturated carbocycles. The van der Waals surface area contributed by atoms with Crippen molar-refractivity contribution in [3.8, 4) is 5.69 Å². The van der Waals surface area contributed by atoms with Gasteiger partial charge >= 0.3 is 0 Å². The Labute approximate surface area is 124 Å². The summed E-state index contributed by atoms with van der Waals surface area (Å²) < 4.78 is 1.85. The normalized spacial score (nSPS) is 16.5. The minimum Gasteiger partial charge on any atom is -0.396 e. The maximum absolute atomic E-state index is 6.19. The summed E-state index contributed by atoms with van der Waals surface area (Å²) >= 11 is 6.19. The lowest BCUT2D eigenvalue weighted by molar-refractivity contribution is 0.435. The number of aromatic nitrogens is 2. The van der Waals surface area contributed by atoms with Crippen molar-refractivity contribution in [3.63, 3.8) is 0 Å². The van der Waals surface area contributed by atoms with Crippen molar-refractivity contribution in [2.75, 3.05) is 5.73 Å². The van der Waals surface area contributed by atoms with Gasteiger partial charge in [0.1, 0.15) is 0 Å². The molecule has 1 aliphatic carbocycles. The second-order valence-electron chi connectivity index (χ2n) is 5.68. The van der Waals surface area contributed by atoms with Gasteiger partial charge in [0.2, 0.25) is 0 Å². The molecule has 0 bridgehead atoms. The number of anilines is 1. The molecule has 2 aromatic rings. The molecule has 106 valence electrons. The highest BCUT2D eigenvalue weighted by atomic mass is 35.5. The number of hydrogen-bond acceptors (Lipinski definition) is 2. The summed E-state index contributed by atoms with van der Waals surface area (Å²) in [7, 11) is 0. The Morgan fingerprint density at radius 1 is 1.25 bits per heavy atom. The van der Waals surface area contributed by atoms with Crippen molar-refractivity contribution < 1.29 is 0 Å². The Bertz CT molecular complexity index is 612. The van der Waals surface area contributed by atoms with Crippen LogP contribution < -0.4 is 5.73 Å². The van der Waals surface area contributed by atoms with Crippen molar-refractivity contribution in [1.29, 1.82) is 0 Å². The van der Waals surface area contributed by atoms with Crippen LogP contribution in [0.5, 0.6) is 0 Å². The molecule has 1 aromatic carbocycles. The predicted octanol–water partition coefficient (Wildman–Crippen LogP) is 4.46. The van der Waals surface area contributed by atoms with E-state index in [9.17, 15) is 0 Å². The largest absolute Gasteiger partial charge is 0.396 e. The van der Waals surface area contributed by atoms with Gasteiger partial charge in [-0.3, -0.25) is 0 Å². The van der Waals surface area contributed by atoms with Gasteiger partial charge in [-0.05, 0) is 37.5 Å². The molecule has 2 N–H and O–H groups in total. The number of rotatable bonds is 2. The fourth-order valence-corrected chi connectivity index (χ4v) is 3.13. The summed E-state index contributed by atoms with van der Waals surface area (Å²) in [6, 6.07) is 5.97. The summed E-state index contributed by atoms with van der Waals surface area (Å²) in [5.41, 5.74) is 10.1. The second-order valence-corrected chi connectivity index (χ2v) is 6.09. The number of aryl methyl sites for hydroxylation is 1. The van der Waals surface area contributed by atoms with Gasteiger partial charge in [0.15, 0.2) is 0 Å². The first-order valence-electron chi connectivity index (χ1n) is 7.26. The first-order valence-corrected chi connectivity index (χ1v) is 7.64. The molecule has 3 nitrogen and oxygen atoms in total. The highest BCUT2D eigenvalue weighted by Crippen LogP contribution is 2.35. The van der Waals surface area contributed by atoms with Crippen molar-refractivity contribution in [3.05, 3.63) is 40.7 Å². The van der Waals surface area contributed by atoms with E-state index >= 15 is 0 Å². The fourth-order valence-electron chi connectivity index (χ4n) is 2.95. The maximum atomic E-state index is 6.19. The molecule has 20 heavy (non-hydrogen) atoms. The Morgan fingerprint density at radius 3 is 2.70 bits per heavy atom. The third-order valence-corrected chi connectivity index (χ3v) is 4.59. The zero-order valence-electron chi connectivity index (χ0n) is 11.8. The SMILES string of the molecule is Cc1ccc(-n2cc(N)c(C3CCCCC3)n2)cc1Cl. The van der Waals surface area contributed by atoms with Crippen LogP contribution in [0, 0.1) is 6.92 Å². The Hall–Kier alpha value is -1.48. The number of nitrogens with two attached hydrogens (primary N) is 1. The van der Waals surface area contributed by atoms with Crippen molar-refractivity contribution in [1.82, 2.24) is 9.78 Å². The van der Waals surface area contributed by atoms with E-state index in [1.165, 1.54) is 32.1 Å². The molecule has 0 amide bonds. The number of nitrogen functional groups attached to an aromatic ring is 1. The molecule has 0 unspecified atom stereocenters. The van der Waals surface area contributed by atoms with Gasteiger partial charge in [-0.2, -0.15) is 5.10 Å². The van der Waals surface area contributed by atoms with Crippen LogP contribution in [0.15, 0.2) is 24.4 Å². The smallest absolute Gasteiger partial charge is 0.0889 e. The molecule has 0 saturated heterocycles. The van der Waals surface area contributed by atoms with E-state index in [4.69, 9.17) is 22.4 Å². The molecule has 0 aliphatic heterocycles. The van der Waals surface area contributed by atoms with Crippen LogP contribution in [0.4, 0.5) is 5.69 Å². The summed E-state index contributed by atoms with van der Waals surface area (Å²) in [5.74, 6) is 0.519. The topological polar surface area (TPSA) is 43.8 Å². The van der Waals surface area contributed by atoms with Gasteiger partial charge in [0.05, 0.1) is 23.3 Å². The molecule has 0 spiro atoms. The van der Waals surface area contributed by atoms with Gasteiger partial charge in [0.25, 0.3) is 0 Å². The molecule has 1 aromatic heterocycles. The van der Waals surface area contributed by atoms with Gasteiger partial charge in [-0.25, -0.2) is 4.68 Å². The lowest BCUT2D eigenvalue weighted by Crippen LogP contribution is -2.07. The number of hydrogen-bond donors (Lipinski definition) is 1. The third kappa shape index (κ3) is 2.55. The van der Waals surface area contributed by atoms with Gasteiger partial charge in [-0.15, -0.1) is 0 Å². The lowest BCUT2D eigenvalue weighted by Gasteiger charge is -2.20. The molecule has 4 heteroatoms. The molecule has 0 atom stereocenters. The van der Waals surface area contributed by atoms with Crippen LogP contribution in [0.2, 0.25) is 5.02 Å². The number of nitrogens with zero attached hydrogens (tertiary/aromatic N) is 2. The summed E-state index contributed by atoms with van der Waals surface area (Å²) in [6.07, 6.45) is 8.22. The van der Waals surface area contributed by atoms with Crippen LogP contribution in [-0.2, 0) is 0 Å². The van der Waals surface area contributed by atoms with Crippen molar-refractivity contribution in [2.24, 2.45) is 0 Å². The Kier molecular flexibility index (Phi) is 3.70. The van der Waals surface area contributed by atoms with E-state index in [1.54, 1.807) is 0 Å². The first kappa shape index (κ1) is 13.5. The average Bonchev–Trinajstić information content (AvgIpc) is 2.85. The minimum atomic E-state index is 0.519. The van der Waals surface area contributed by atoms with Gasteiger partial charge in [-0.1, -0.05) is 36.9 Å². The molecule has 1 aliphatic rings. The molecular formula is C16H20ClN3. The number of benzene rings is 1. The maximum Gasteiger partial charge on any atom is 0.0889 e. The highest BCUT2D eigenvalue weighted by Gasteiger charge is 2.21. The molecule has 0 radical (unpaired) electrons. The monoisotopic (exact) mass is 289 g/mol. The van der Waals surface area contributed by atoms with Crippen LogP contribution in [0.25, 0.3) is 5.69 Å². The second kappa shape index (κ2) is 5.49. The van der Waals surface area contributed by atoms with E-state index in [-0.39, 0.29) is 0 Å². The van der Waals surface area contributed by atoms with Gasteiger partial charge in [0, 0.05) is 10.9 Å². The fraction of sp³-hybridized carbons (Fsp3) is 0.438. The highest BCUT2D eigenvalue weighted by molar-refractivity contribution is 6.31. The molecule has 1 heterocycles. The van der Waals surface area contributed by atoms with E-state index in [0.717, 1.165) is 27.7 Å². The van der Waals surface area contributed by atoms with Crippen LogP contribution in [-0.4, -0.2) is 9.78 Å². The van der Waals surface area contributed by atoms with Crippen LogP contribution in [0.3, 0.4) is 0 Å². The Balaban J connectivity index is 1.93. The standard InChI is InChI=1S/C16H20ClN3/c1-11-7-8-13(9-14(11)17)20-10-15(18)16(19-20)12-5-3-2-4-6-12/h7-10,12H,2-6,18H2,1H3. The number of halogens is 1. The van der Waals surface area contributed by atoms with E-state index < -0.39 is 0 Å². The van der Waals surface area contributed by atoms with Crippen molar-refractivity contribution >= 4 is 17.3 Å². The predicted molar refractivity (Wildman–Crippen MR) is 83.5 cm³/mol. The average molecular weight is 290 g/mol. The van der Waals surface area contributed by atoms with Crippen LogP contribution >= 0.6 is 11.6 Å². The van der Waals surface area contributed by atoms with E-state index in [2.05, 4.69) is 0 Å². The molecule has 3 rings (SSSR count). The Morgan fingerprint density at radius 2 is 2.00 bits per heavy atom.